The average molecular weight is 464 g/mol. The lowest BCUT2D eigenvalue weighted by Gasteiger charge is -2.35. The fraction of sp³-hybridized carbons (Fsp3) is 0.350. The first-order valence-corrected chi connectivity index (χ1v) is 11.5. The van der Waals surface area contributed by atoms with Crippen LogP contribution in [0.3, 0.4) is 0 Å². The molecular weight excluding hydrogens is 442 g/mol. The van der Waals surface area contributed by atoms with Crippen LogP contribution in [0.15, 0.2) is 51.8 Å². The van der Waals surface area contributed by atoms with E-state index in [4.69, 9.17) is 0 Å². The van der Waals surface area contributed by atoms with Gasteiger partial charge >= 0.3 is 0 Å². The van der Waals surface area contributed by atoms with Crippen LogP contribution in [-0.2, 0) is 21.2 Å². The van der Waals surface area contributed by atoms with E-state index in [1.165, 1.54) is 6.92 Å². The van der Waals surface area contributed by atoms with Gasteiger partial charge < -0.3 is 9.80 Å². The molecule has 0 atom stereocenters. The quantitative estimate of drug-likeness (QED) is 0.701. The van der Waals surface area contributed by atoms with Gasteiger partial charge in [0.15, 0.2) is 0 Å². The highest BCUT2D eigenvalue weighted by atomic mass is 79.9. The fourth-order valence-corrected chi connectivity index (χ4v) is 5.73. The van der Waals surface area contributed by atoms with Crippen LogP contribution in [0.25, 0.3) is 0 Å². The lowest BCUT2D eigenvalue weighted by Crippen LogP contribution is -2.48. The van der Waals surface area contributed by atoms with Gasteiger partial charge in [-0.1, -0.05) is 22.0 Å². The minimum Gasteiger partial charge on any atom is -0.369 e. The summed E-state index contributed by atoms with van der Waals surface area (Å²) < 4.78 is 28.8. The third-order valence-electron chi connectivity index (χ3n) is 5.38. The van der Waals surface area contributed by atoms with E-state index >= 15 is 0 Å². The Bertz CT molecular complexity index is 1020. The number of anilines is 2. The largest absolute Gasteiger partial charge is 0.369 e. The van der Waals surface area contributed by atoms with Crippen LogP contribution in [0.2, 0.25) is 0 Å². The normalized spacial score (nSPS) is 17.6. The summed E-state index contributed by atoms with van der Waals surface area (Å²) in [6, 6.07) is 13.2. The molecule has 0 spiro atoms. The van der Waals surface area contributed by atoms with Gasteiger partial charge in [0.25, 0.3) is 0 Å². The molecule has 6 nitrogen and oxygen atoms in total. The highest BCUT2D eigenvalue weighted by Crippen LogP contribution is 2.31. The van der Waals surface area contributed by atoms with Crippen LogP contribution >= 0.6 is 15.9 Å². The van der Waals surface area contributed by atoms with Crippen molar-refractivity contribution in [3.63, 3.8) is 0 Å². The van der Waals surface area contributed by atoms with Gasteiger partial charge in [0.05, 0.1) is 4.90 Å². The van der Waals surface area contributed by atoms with Crippen LogP contribution in [-0.4, -0.2) is 51.4 Å². The number of piperazine rings is 1. The number of sulfonamides is 1. The molecule has 2 aromatic rings. The molecule has 0 radical (unpaired) electrons. The number of carbonyl (C=O) groups is 1. The lowest BCUT2D eigenvalue weighted by molar-refractivity contribution is -0.116. The Morgan fingerprint density at radius 1 is 1.00 bits per heavy atom. The van der Waals surface area contributed by atoms with Gasteiger partial charge in [-0.05, 0) is 48.4 Å². The maximum atomic E-state index is 13.1. The van der Waals surface area contributed by atoms with Crippen molar-refractivity contribution in [2.75, 3.05) is 42.5 Å². The number of nitrogens with zero attached hydrogens (tertiary/aromatic N) is 3. The second kappa shape index (κ2) is 7.50. The zero-order valence-electron chi connectivity index (χ0n) is 15.6. The van der Waals surface area contributed by atoms with Gasteiger partial charge in [0.1, 0.15) is 0 Å². The van der Waals surface area contributed by atoms with Gasteiger partial charge in [-0.25, -0.2) is 8.42 Å². The zero-order valence-corrected chi connectivity index (χ0v) is 18.0. The molecule has 8 heteroatoms. The van der Waals surface area contributed by atoms with E-state index in [-0.39, 0.29) is 5.91 Å². The van der Waals surface area contributed by atoms with Crippen molar-refractivity contribution in [2.45, 2.75) is 18.2 Å². The number of fused-ring (bicyclic) bond motifs is 1. The van der Waals surface area contributed by atoms with Crippen LogP contribution in [0.1, 0.15) is 12.5 Å². The molecule has 28 heavy (non-hydrogen) atoms. The van der Waals surface area contributed by atoms with E-state index in [1.807, 2.05) is 24.3 Å². The third kappa shape index (κ3) is 3.56. The molecule has 2 heterocycles. The van der Waals surface area contributed by atoms with Crippen molar-refractivity contribution in [1.29, 1.82) is 0 Å². The van der Waals surface area contributed by atoms with Crippen LogP contribution in [0, 0.1) is 0 Å². The molecule has 0 N–H and O–H groups in total. The lowest BCUT2D eigenvalue weighted by atomic mass is 10.2. The Labute approximate surface area is 173 Å². The van der Waals surface area contributed by atoms with E-state index in [0.29, 0.717) is 44.0 Å². The van der Waals surface area contributed by atoms with Gasteiger partial charge in [-0.3, -0.25) is 4.79 Å². The number of benzene rings is 2. The van der Waals surface area contributed by atoms with Gasteiger partial charge in [-0.2, -0.15) is 4.31 Å². The first kappa shape index (κ1) is 19.4. The minimum absolute atomic E-state index is 0.0157. The number of carbonyl (C=O) groups excluding carboxylic acids is 1. The molecule has 0 unspecified atom stereocenters. The molecule has 0 aliphatic carbocycles. The summed E-state index contributed by atoms with van der Waals surface area (Å²) in [5, 5.41) is 0. The van der Waals surface area contributed by atoms with E-state index in [1.54, 1.807) is 27.4 Å². The smallest absolute Gasteiger partial charge is 0.243 e. The average Bonchev–Trinajstić information content (AvgIpc) is 3.11. The summed E-state index contributed by atoms with van der Waals surface area (Å²) in [5.41, 5.74) is 2.84. The van der Waals surface area contributed by atoms with E-state index in [0.717, 1.165) is 21.4 Å². The molecule has 2 aliphatic rings. The van der Waals surface area contributed by atoms with Crippen molar-refractivity contribution in [2.24, 2.45) is 0 Å². The number of hydrogen-bond donors (Lipinski definition) is 0. The van der Waals surface area contributed by atoms with E-state index < -0.39 is 10.0 Å². The van der Waals surface area contributed by atoms with Gasteiger partial charge in [0, 0.05) is 55.5 Å². The third-order valence-corrected chi connectivity index (χ3v) is 7.76. The highest BCUT2D eigenvalue weighted by Gasteiger charge is 2.30. The molecule has 0 saturated carbocycles. The predicted molar refractivity (Wildman–Crippen MR) is 113 cm³/mol. The number of amides is 1. The molecule has 4 rings (SSSR count). The second-order valence-electron chi connectivity index (χ2n) is 7.08. The van der Waals surface area contributed by atoms with Crippen molar-refractivity contribution in [1.82, 2.24) is 4.31 Å². The molecule has 2 aromatic carbocycles. The molecule has 0 bridgehead atoms. The minimum atomic E-state index is -3.54. The topological polar surface area (TPSA) is 60.9 Å². The highest BCUT2D eigenvalue weighted by molar-refractivity contribution is 9.10. The monoisotopic (exact) mass is 463 g/mol. The first-order chi connectivity index (χ1) is 13.4. The van der Waals surface area contributed by atoms with Crippen molar-refractivity contribution >= 4 is 43.2 Å². The Kier molecular flexibility index (Phi) is 5.20. The Morgan fingerprint density at radius 3 is 2.43 bits per heavy atom. The maximum Gasteiger partial charge on any atom is 0.243 e. The number of rotatable bonds is 3. The van der Waals surface area contributed by atoms with Crippen LogP contribution in [0.5, 0.6) is 0 Å². The molecule has 1 amide bonds. The Balaban J connectivity index is 1.50. The molecule has 148 valence electrons. The van der Waals surface area contributed by atoms with Crippen LogP contribution < -0.4 is 9.80 Å². The van der Waals surface area contributed by atoms with Crippen LogP contribution in [0.4, 0.5) is 11.4 Å². The summed E-state index contributed by atoms with van der Waals surface area (Å²) in [5.74, 6) is -0.0157. The Morgan fingerprint density at radius 2 is 1.75 bits per heavy atom. The summed E-state index contributed by atoms with van der Waals surface area (Å²) in [4.78, 5) is 15.9. The van der Waals surface area contributed by atoms with E-state index in [2.05, 4.69) is 20.8 Å². The van der Waals surface area contributed by atoms with Crippen molar-refractivity contribution in [3.05, 3.63) is 52.5 Å². The summed E-state index contributed by atoms with van der Waals surface area (Å²) >= 11 is 3.48. The molecule has 0 aromatic heterocycles. The predicted octanol–water partition coefficient (Wildman–Crippen LogP) is 2.87. The van der Waals surface area contributed by atoms with Crippen molar-refractivity contribution in [3.8, 4) is 0 Å². The standard InChI is InChI=1S/C20H22BrN3O3S/c1-15(25)24-8-7-16-13-19(5-6-20(16)24)28(26,27)23-11-9-22(10-12-23)18-4-2-3-17(21)14-18/h2-6,13-14H,7-12H2,1H3. The molecule has 1 fully saturated rings. The maximum absolute atomic E-state index is 13.1. The van der Waals surface area contributed by atoms with E-state index in [9.17, 15) is 13.2 Å². The summed E-state index contributed by atoms with van der Waals surface area (Å²) in [7, 11) is -3.54. The van der Waals surface area contributed by atoms with Gasteiger partial charge in [0.2, 0.25) is 15.9 Å². The molecule has 1 saturated heterocycles. The molecular formula is C20H22BrN3O3S. The second-order valence-corrected chi connectivity index (χ2v) is 9.94. The summed E-state index contributed by atoms with van der Waals surface area (Å²) in [6.07, 6.45) is 0.689. The fourth-order valence-electron chi connectivity index (χ4n) is 3.87. The van der Waals surface area contributed by atoms with Crippen molar-refractivity contribution < 1.29 is 13.2 Å². The number of hydrogen-bond acceptors (Lipinski definition) is 4. The zero-order chi connectivity index (χ0) is 19.9. The number of halogens is 1. The first-order valence-electron chi connectivity index (χ1n) is 9.28. The summed E-state index contributed by atoms with van der Waals surface area (Å²) in [6.45, 7) is 4.35. The Hall–Kier alpha value is -1.90. The molecule has 2 aliphatic heterocycles. The SMILES string of the molecule is CC(=O)N1CCc2cc(S(=O)(=O)N3CCN(c4cccc(Br)c4)CC3)ccc21. The van der Waals surface area contributed by atoms with Gasteiger partial charge in [-0.15, -0.1) is 0 Å².